The number of hydrogen-bond donors (Lipinski definition) is 1. The van der Waals surface area contributed by atoms with Gasteiger partial charge in [-0.25, -0.2) is 4.79 Å². The third-order valence-electron chi connectivity index (χ3n) is 2.37. The standard InChI is InChI=1S/C10H16BrNO3/c1-8(11)6-12-4-2-9(3-5-12)15-7-10(13)14/h9H,1-7H2,(H,13,14). The first-order chi connectivity index (χ1) is 7.08. The molecule has 0 saturated carbocycles. The van der Waals surface area contributed by atoms with Crippen molar-refractivity contribution >= 4 is 21.9 Å². The number of carboxylic acid groups (broad SMARTS) is 1. The molecule has 0 aromatic carbocycles. The third kappa shape index (κ3) is 5.30. The van der Waals surface area contributed by atoms with Gasteiger partial charge in [0.2, 0.25) is 0 Å². The van der Waals surface area contributed by atoms with Gasteiger partial charge in [0.05, 0.1) is 6.10 Å². The smallest absolute Gasteiger partial charge is 0.329 e. The number of nitrogens with zero attached hydrogens (tertiary/aromatic N) is 1. The Morgan fingerprint density at radius 3 is 2.60 bits per heavy atom. The van der Waals surface area contributed by atoms with Crippen molar-refractivity contribution in [3.05, 3.63) is 11.1 Å². The number of carbonyl (C=O) groups is 1. The molecule has 0 amide bonds. The van der Waals surface area contributed by atoms with E-state index < -0.39 is 5.97 Å². The molecule has 0 spiro atoms. The van der Waals surface area contributed by atoms with E-state index in [1.54, 1.807) is 0 Å². The maximum atomic E-state index is 10.3. The van der Waals surface area contributed by atoms with Crippen LogP contribution in [-0.2, 0) is 9.53 Å². The number of halogens is 1. The Bertz CT molecular complexity index is 237. The number of rotatable bonds is 5. The van der Waals surface area contributed by atoms with Gasteiger partial charge in [0.15, 0.2) is 0 Å². The van der Waals surface area contributed by atoms with E-state index >= 15 is 0 Å². The van der Waals surface area contributed by atoms with Crippen LogP contribution < -0.4 is 0 Å². The van der Waals surface area contributed by atoms with Gasteiger partial charge in [0.1, 0.15) is 6.61 Å². The summed E-state index contributed by atoms with van der Waals surface area (Å²) in [6, 6.07) is 0. The normalized spacial score (nSPS) is 19.0. The summed E-state index contributed by atoms with van der Waals surface area (Å²) < 4.78 is 6.22. The van der Waals surface area contributed by atoms with Crippen LogP contribution >= 0.6 is 15.9 Å². The van der Waals surface area contributed by atoms with Crippen molar-refractivity contribution in [2.24, 2.45) is 0 Å². The molecule has 0 aromatic rings. The molecular formula is C10H16BrNO3. The van der Waals surface area contributed by atoms with Gasteiger partial charge in [0.25, 0.3) is 0 Å². The summed E-state index contributed by atoms with van der Waals surface area (Å²) in [5.74, 6) is -0.897. The van der Waals surface area contributed by atoms with E-state index in [2.05, 4.69) is 27.4 Å². The molecular weight excluding hydrogens is 262 g/mol. The monoisotopic (exact) mass is 277 g/mol. The average molecular weight is 278 g/mol. The minimum absolute atomic E-state index is 0.0981. The summed E-state index contributed by atoms with van der Waals surface area (Å²) in [5.41, 5.74) is 0. The van der Waals surface area contributed by atoms with E-state index in [-0.39, 0.29) is 12.7 Å². The molecule has 0 aromatic heterocycles. The molecule has 5 heteroatoms. The van der Waals surface area contributed by atoms with E-state index in [0.717, 1.165) is 37.0 Å². The molecule has 1 aliphatic heterocycles. The van der Waals surface area contributed by atoms with Crippen LogP contribution in [0.4, 0.5) is 0 Å². The van der Waals surface area contributed by atoms with E-state index in [1.165, 1.54) is 0 Å². The van der Waals surface area contributed by atoms with Crippen molar-refractivity contribution in [3.63, 3.8) is 0 Å². The molecule has 1 rings (SSSR count). The molecule has 0 unspecified atom stereocenters. The SMILES string of the molecule is C=C(Br)CN1CCC(OCC(=O)O)CC1. The van der Waals surface area contributed by atoms with Gasteiger partial charge in [-0.15, -0.1) is 0 Å². The largest absolute Gasteiger partial charge is 0.480 e. The minimum Gasteiger partial charge on any atom is -0.480 e. The second-order valence-electron chi connectivity index (χ2n) is 3.70. The van der Waals surface area contributed by atoms with Crippen molar-refractivity contribution in [2.45, 2.75) is 18.9 Å². The number of ether oxygens (including phenoxy) is 1. The fourth-order valence-electron chi connectivity index (χ4n) is 1.67. The van der Waals surface area contributed by atoms with Crippen LogP contribution in [-0.4, -0.2) is 48.3 Å². The number of hydrogen-bond acceptors (Lipinski definition) is 3. The Morgan fingerprint density at radius 1 is 1.53 bits per heavy atom. The highest BCUT2D eigenvalue weighted by Crippen LogP contribution is 2.15. The summed E-state index contributed by atoms with van der Waals surface area (Å²) in [6.45, 7) is 6.34. The summed E-state index contributed by atoms with van der Waals surface area (Å²) in [4.78, 5) is 12.6. The Kier molecular flexibility index (Phi) is 5.28. The van der Waals surface area contributed by atoms with Crippen molar-refractivity contribution < 1.29 is 14.6 Å². The zero-order valence-corrected chi connectivity index (χ0v) is 10.2. The molecule has 1 fully saturated rings. The molecule has 1 N–H and O–H groups in total. The van der Waals surface area contributed by atoms with E-state index in [9.17, 15) is 4.79 Å². The van der Waals surface area contributed by atoms with Gasteiger partial charge in [0, 0.05) is 24.1 Å². The molecule has 0 aliphatic carbocycles. The maximum Gasteiger partial charge on any atom is 0.329 e. The molecule has 15 heavy (non-hydrogen) atoms. The second-order valence-corrected chi connectivity index (χ2v) is 4.82. The zero-order chi connectivity index (χ0) is 11.3. The quantitative estimate of drug-likeness (QED) is 0.827. The molecule has 86 valence electrons. The van der Waals surface area contributed by atoms with Crippen molar-refractivity contribution in [1.29, 1.82) is 0 Å². The fourth-order valence-corrected chi connectivity index (χ4v) is 2.02. The topological polar surface area (TPSA) is 49.8 Å². The van der Waals surface area contributed by atoms with Crippen LogP contribution in [0.25, 0.3) is 0 Å². The van der Waals surface area contributed by atoms with Crippen LogP contribution in [0.2, 0.25) is 0 Å². The van der Waals surface area contributed by atoms with Crippen LogP contribution in [0.15, 0.2) is 11.1 Å². The van der Waals surface area contributed by atoms with Gasteiger partial charge in [-0.2, -0.15) is 0 Å². The number of likely N-dealkylation sites (tertiary alicyclic amines) is 1. The van der Waals surface area contributed by atoms with E-state index in [4.69, 9.17) is 9.84 Å². The Morgan fingerprint density at radius 2 is 2.13 bits per heavy atom. The maximum absolute atomic E-state index is 10.3. The van der Waals surface area contributed by atoms with Crippen LogP contribution in [0, 0.1) is 0 Å². The molecule has 1 saturated heterocycles. The number of piperidine rings is 1. The fraction of sp³-hybridized carbons (Fsp3) is 0.700. The van der Waals surface area contributed by atoms with Gasteiger partial charge < -0.3 is 9.84 Å². The van der Waals surface area contributed by atoms with E-state index in [0.29, 0.717) is 0 Å². The highest BCUT2D eigenvalue weighted by Gasteiger charge is 2.20. The first-order valence-electron chi connectivity index (χ1n) is 4.97. The third-order valence-corrected chi connectivity index (χ3v) is 2.62. The zero-order valence-electron chi connectivity index (χ0n) is 8.62. The van der Waals surface area contributed by atoms with Gasteiger partial charge in [-0.1, -0.05) is 22.5 Å². The molecule has 1 aliphatic rings. The predicted octanol–water partition coefficient (Wildman–Crippen LogP) is 1.46. The Hall–Kier alpha value is -0.390. The van der Waals surface area contributed by atoms with Crippen LogP contribution in [0.5, 0.6) is 0 Å². The first-order valence-corrected chi connectivity index (χ1v) is 5.76. The van der Waals surface area contributed by atoms with E-state index in [1.807, 2.05) is 0 Å². The van der Waals surface area contributed by atoms with Crippen LogP contribution in [0.3, 0.4) is 0 Å². The summed E-state index contributed by atoms with van der Waals surface area (Å²) >= 11 is 3.33. The van der Waals surface area contributed by atoms with Crippen LogP contribution in [0.1, 0.15) is 12.8 Å². The summed E-state index contributed by atoms with van der Waals surface area (Å²) in [7, 11) is 0. The molecule has 0 atom stereocenters. The Balaban J connectivity index is 2.18. The molecule has 4 nitrogen and oxygen atoms in total. The first kappa shape index (κ1) is 12.7. The molecule has 0 bridgehead atoms. The second kappa shape index (κ2) is 6.25. The highest BCUT2D eigenvalue weighted by atomic mass is 79.9. The van der Waals surface area contributed by atoms with Gasteiger partial charge in [-0.3, -0.25) is 4.90 Å². The molecule has 1 heterocycles. The number of aliphatic carboxylic acids is 1. The number of carboxylic acids is 1. The average Bonchev–Trinajstić information content (AvgIpc) is 2.16. The molecule has 0 radical (unpaired) electrons. The lowest BCUT2D eigenvalue weighted by molar-refractivity contribution is -0.145. The lowest BCUT2D eigenvalue weighted by Crippen LogP contribution is -2.38. The minimum atomic E-state index is -0.897. The van der Waals surface area contributed by atoms with Gasteiger partial charge >= 0.3 is 5.97 Å². The lowest BCUT2D eigenvalue weighted by Gasteiger charge is -2.31. The Labute approximate surface area is 98.0 Å². The highest BCUT2D eigenvalue weighted by molar-refractivity contribution is 9.11. The van der Waals surface area contributed by atoms with Gasteiger partial charge in [-0.05, 0) is 12.8 Å². The van der Waals surface area contributed by atoms with Crippen molar-refractivity contribution in [1.82, 2.24) is 4.90 Å². The van der Waals surface area contributed by atoms with Crippen molar-refractivity contribution in [3.8, 4) is 0 Å². The predicted molar refractivity (Wildman–Crippen MR) is 61.1 cm³/mol. The van der Waals surface area contributed by atoms with Crippen molar-refractivity contribution in [2.75, 3.05) is 26.2 Å². The summed E-state index contributed by atoms with van der Waals surface area (Å²) in [5, 5.41) is 8.46. The summed E-state index contributed by atoms with van der Waals surface area (Å²) in [6.07, 6.45) is 1.89. The lowest BCUT2D eigenvalue weighted by atomic mass is 10.1.